The third-order valence-corrected chi connectivity index (χ3v) is 5.92. The molecule has 1 aromatic carbocycles. The predicted molar refractivity (Wildman–Crippen MR) is 113 cm³/mol. The van der Waals surface area contributed by atoms with Crippen molar-refractivity contribution in [3.63, 3.8) is 0 Å². The number of rotatable bonds is 8. The maximum atomic E-state index is 13.0. The van der Waals surface area contributed by atoms with E-state index in [1.165, 1.54) is 0 Å². The molecule has 0 aliphatic heterocycles. The van der Waals surface area contributed by atoms with Crippen LogP contribution in [-0.2, 0) is 4.79 Å². The van der Waals surface area contributed by atoms with Crippen molar-refractivity contribution in [2.75, 3.05) is 0 Å². The van der Waals surface area contributed by atoms with Gasteiger partial charge in [0, 0.05) is 17.0 Å². The minimum absolute atomic E-state index is 0.0514. The molecule has 0 radical (unpaired) electrons. The van der Waals surface area contributed by atoms with Gasteiger partial charge < -0.3 is 5.32 Å². The summed E-state index contributed by atoms with van der Waals surface area (Å²) in [7, 11) is 0. The van der Waals surface area contributed by atoms with Crippen LogP contribution in [0.15, 0.2) is 36.4 Å². The van der Waals surface area contributed by atoms with Crippen molar-refractivity contribution in [1.82, 2.24) is 10.3 Å². The van der Waals surface area contributed by atoms with Crippen molar-refractivity contribution in [1.29, 1.82) is 0 Å². The lowest BCUT2D eigenvalue weighted by Crippen LogP contribution is -2.53. The Morgan fingerprint density at radius 1 is 1.14 bits per heavy atom. The molecule has 2 aromatic rings. The molecule has 0 unspecified atom stereocenters. The zero-order valence-corrected chi connectivity index (χ0v) is 17.5. The van der Waals surface area contributed by atoms with E-state index in [-0.39, 0.29) is 11.7 Å². The molecule has 1 aliphatic carbocycles. The summed E-state index contributed by atoms with van der Waals surface area (Å²) in [4.78, 5) is 30.2. The van der Waals surface area contributed by atoms with E-state index < -0.39 is 5.54 Å². The van der Waals surface area contributed by atoms with Crippen molar-refractivity contribution < 1.29 is 9.59 Å². The second-order valence-corrected chi connectivity index (χ2v) is 7.88. The average Bonchev–Trinajstić information content (AvgIpc) is 3.56. The summed E-state index contributed by atoms with van der Waals surface area (Å²) in [6.45, 7) is 5.69. The summed E-state index contributed by atoms with van der Waals surface area (Å²) in [5.74, 6) is 0.234. The molecule has 148 valence electrons. The van der Waals surface area contributed by atoms with E-state index in [1.807, 2.05) is 51.1 Å². The number of nitrogens with one attached hydrogen (secondary N) is 1. The summed E-state index contributed by atoms with van der Waals surface area (Å²) in [6, 6.07) is 11.3. The largest absolute Gasteiger partial charge is 0.338 e. The molecule has 1 amide bonds. The monoisotopic (exact) mass is 398 g/mol. The lowest BCUT2D eigenvalue weighted by molar-refractivity contribution is -0.125. The van der Waals surface area contributed by atoms with E-state index in [9.17, 15) is 9.59 Å². The molecule has 0 atom stereocenters. The molecule has 1 fully saturated rings. The first-order valence-corrected chi connectivity index (χ1v) is 10.4. The molecule has 0 saturated heterocycles. The van der Waals surface area contributed by atoms with Gasteiger partial charge in [-0.1, -0.05) is 50.6 Å². The fourth-order valence-corrected chi connectivity index (χ4v) is 3.89. The molecule has 0 spiro atoms. The topological polar surface area (TPSA) is 59.1 Å². The Hall–Kier alpha value is -2.20. The van der Waals surface area contributed by atoms with Crippen LogP contribution in [0.2, 0.25) is 5.02 Å². The first-order chi connectivity index (χ1) is 13.4. The predicted octanol–water partition coefficient (Wildman–Crippen LogP) is 5.55. The zero-order chi connectivity index (χ0) is 20.3. The Morgan fingerprint density at radius 3 is 2.43 bits per heavy atom. The average molecular weight is 399 g/mol. The molecular weight excluding hydrogens is 372 g/mol. The van der Waals surface area contributed by atoms with Gasteiger partial charge in [-0.2, -0.15) is 0 Å². The number of pyridine rings is 1. The van der Waals surface area contributed by atoms with Gasteiger partial charge >= 0.3 is 0 Å². The normalized spacial score (nSPS) is 14.0. The van der Waals surface area contributed by atoms with Gasteiger partial charge in [-0.25, -0.2) is 4.98 Å². The van der Waals surface area contributed by atoms with Crippen molar-refractivity contribution in [3.05, 3.63) is 52.7 Å². The smallest absolute Gasteiger partial charge is 0.270 e. The molecule has 4 nitrogen and oxygen atoms in total. The minimum Gasteiger partial charge on any atom is -0.338 e. The zero-order valence-electron chi connectivity index (χ0n) is 16.7. The molecule has 0 bridgehead atoms. The first-order valence-electron chi connectivity index (χ1n) is 10.1. The van der Waals surface area contributed by atoms with Crippen LogP contribution in [0, 0.1) is 0 Å². The Labute approximate surface area is 171 Å². The summed E-state index contributed by atoms with van der Waals surface area (Å²) in [5, 5.41) is 3.61. The van der Waals surface area contributed by atoms with Crippen LogP contribution in [0.1, 0.15) is 74.8 Å². The number of Topliss-reactive ketones (excluding diaryl/α,β-unsaturated/α-hetero) is 1. The van der Waals surface area contributed by atoms with Crippen molar-refractivity contribution >= 4 is 23.3 Å². The van der Waals surface area contributed by atoms with Gasteiger partial charge in [0.15, 0.2) is 5.78 Å². The highest BCUT2D eigenvalue weighted by Gasteiger charge is 2.35. The first kappa shape index (κ1) is 20.5. The molecule has 3 rings (SSSR count). The van der Waals surface area contributed by atoms with E-state index in [4.69, 9.17) is 16.6 Å². The Kier molecular flexibility index (Phi) is 6.19. The van der Waals surface area contributed by atoms with Gasteiger partial charge in [-0.15, -0.1) is 0 Å². The summed E-state index contributed by atoms with van der Waals surface area (Å²) < 4.78 is 0. The summed E-state index contributed by atoms with van der Waals surface area (Å²) >= 11 is 6.18. The molecule has 1 aromatic heterocycles. The minimum atomic E-state index is -0.834. The Morgan fingerprint density at radius 2 is 1.86 bits per heavy atom. The Balaban J connectivity index is 1.97. The van der Waals surface area contributed by atoms with E-state index in [2.05, 4.69) is 5.32 Å². The lowest BCUT2D eigenvalue weighted by atomic mass is 9.86. The molecule has 1 aliphatic rings. The van der Waals surface area contributed by atoms with Crippen LogP contribution in [0.5, 0.6) is 0 Å². The van der Waals surface area contributed by atoms with Crippen LogP contribution in [0.3, 0.4) is 0 Å². The molecule has 28 heavy (non-hydrogen) atoms. The standard InChI is InChI=1S/C23H27ClN2O2/c1-4-20(27)23(5-2,6-3)26-22(28)19-13-12-18(15-10-11-15)21(25-19)16-8-7-9-17(24)14-16/h7-9,12-15H,4-6,10-11H2,1-3H3,(H,26,28). The quantitative estimate of drug-likeness (QED) is 0.634. The van der Waals surface area contributed by atoms with E-state index in [0.29, 0.717) is 35.9 Å². The van der Waals surface area contributed by atoms with Crippen LogP contribution in [0.25, 0.3) is 11.3 Å². The fourth-order valence-electron chi connectivity index (χ4n) is 3.70. The molecule has 5 heteroatoms. The van der Waals surface area contributed by atoms with Gasteiger partial charge in [-0.05, 0) is 55.4 Å². The molecule has 1 N–H and O–H groups in total. The van der Waals surface area contributed by atoms with Crippen LogP contribution >= 0.6 is 11.6 Å². The number of benzene rings is 1. The number of ketones is 1. The highest BCUT2D eigenvalue weighted by Crippen LogP contribution is 2.44. The third-order valence-electron chi connectivity index (χ3n) is 5.69. The number of hydrogen-bond acceptors (Lipinski definition) is 3. The third kappa shape index (κ3) is 4.12. The van der Waals surface area contributed by atoms with E-state index in [0.717, 1.165) is 29.7 Å². The number of carbonyl (C=O) groups is 2. The number of nitrogens with zero attached hydrogens (tertiary/aromatic N) is 1. The van der Waals surface area contributed by atoms with Gasteiger partial charge in [0.2, 0.25) is 0 Å². The number of amides is 1. The second-order valence-electron chi connectivity index (χ2n) is 7.44. The number of aromatic nitrogens is 1. The van der Waals surface area contributed by atoms with E-state index >= 15 is 0 Å². The van der Waals surface area contributed by atoms with Crippen molar-refractivity contribution in [2.24, 2.45) is 0 Å². The SMILES string of the molecule is CCC(=O)C(CC)(CC)NC(=O)c1ccc(C2CC2)c(-c2cccc(Cl)c2)n1. The lowest BCUT2D eigenvalue weighted by Gasteiger charge is -2.31. The highest BCUT2D eigenvalue weighted by molar-refractivity contribution is 6.30. The van der Waals surface area contributed by atoms with Crippen LogP contribution < -0.4 is 5.32 Å². The summed E-state index contributed by atoms with van der Waals surface area (Å²) in [5.41, 5.74) is 2.36. The maximum Gasteiger partial charge on any atom is 0.270 e. The van der Waals surface area contributed by atoms with Crippen molar-refractivity contribution in [3.8, 4) is 11.3 Å². The van der Waals surface area contributed by atoms with Gasteiger partial charge in [0.05, 0.1) is 11.2 Å². The second kappa shape index (κ2) is 8.44. The van der Waals surface area contributed by atoms with Crippen LogP contribution in [-0.4, -0.2) is 22.2 Å². The molecular formula is C23H27ClN2O2. The Bertz CT molecular complexity index is 886. The van der Waals surface area contributed by atoms with Crippen LogP contribution in [0.4, 0.5) is 0 Å². The van der Waals surface area contributed by atoms with Gasteiger partial charge in [0.1, 0.15) is 5.69 Å². The highest BCUT2D eigenvalue weighted by atomic mass is 35.5. The number of carbonyl (C=O) groups excluding carboxylic acids is 2. The maximum absolute atomic E-state index is 13.0. The number of halogens is 1. The van der Waals surface area contributed by atoms with E-state index in [1.54, 1.807) is 6.07 Å². The summed E-state index contributed by atoms with van der Waals surface area (Å²) in [6.07, 6.45) is 3.79. The fraction of sp³-hybridized carbons (Fsp3) is 0.435. The van der Waals surface area contributed by atoms with Crippen molar-refractivity contribution in [2.45, 2.75) is 64.3 Å². The molecule has 1 saturated carbocycles. The van der Waals surface area contributed by atoms with Gasteiger partial charge in [-0.3, -0.25) is 9.59 Å². The number of hydrogen-bond donors (Lipinski definition) is 1. The van der Waals surface area contributed by atoms with Gasteiger partial charge in [0.25, 0.3) is 5.91 Å². The molecule has 1 heterocycles.